The fourth-order valence-corrected chi connectivity index (χ4v) is 1.72. The molecule has 2 aromatic heterocycles. The van der Waals surface area contributed by atoms with E-state index in [0.717, 1.165) is 5.69 Å². The Bertz CT molecular complexity index is 533. The number of aromatic nitrogens is 3. The SMILES string of the molecule is Cc1cc(Cl)nc(Cn2cccc2C#N)n1. The molecule has 0 aromatic carbocycles. The van der Waals surface area contributed by atoms with Gasteiger partial charge in [0.15, 0.2) is 0 Å². The molecule has 0 atom stereocenters. The van der Waals surface area contributed by atoms with Gasteiger partial charge < -0.3 is 4.57 Å². The van der Waals surface area contributed by atoms with E-state index in [1.165, 1.54) is 0 Å². The maximum Gasteiger partial charge on any atom is 0.150 e. The zero-order chi connectivity index (χ0) is 11.5. The van der Waals surface area contributed by atoms with E-state index in [1.807, 2.05) is 19.2 Å². The predicted octanol–water partition coefficient (Wildman–Crippen LogP) is 2.16. The van der Waals surface area contributed by atoms with Crippen LogP contribution in [0.2, 0.25) is 5.15 Å². The highest BCUT2D eigenvalue weighted by molar-refractivity contribution is 6.29. The summed E-state index contributed by atoms with van der Waals surface area (Å²) in [6.45, 7) is 2.31. The van der Waals surface area contributed by atoms with Crippen molar-refractivity contribution in [1.29, 1.82) is 5.26 Å². The van der Waals surface area contributed by atoms with Crippen LogP contribution in [0.5, 0.6) is 0 Å². The quantitative estimate of drug-likeness (QED) is 0.746. The number of halogens is 1. The minimum atomic E-state index is 0.424. The summed E-state index contributed by atoms with van der Waals surface area (Å²) in [5.41, 5.74) is 1.40. The predicted molar refractivity (Wildman–Crippen MR) is 60.0 cm³/mol. The molecule has 0 N–H and O–H groups in total. The highest BCUT2D eigenvalue weighted by atomic mass is 35.5. The van der Waals surface area contributed by atoms with Crippen molar-refractivity contribution in [3.05, 3.63) is 46.8 Å². The molecule has 0 spiro atoms. The van der Waals surface area contributed by atoms with Gasteiger partial charge >= 0.3 is 0 Å². The lowest BCUT2D eigenvalue weighted by atomic mass is 10.4. The van der Waals surface area contributed by atoms with Gasteiger partial charge in [-0.2, -0.15) is 5.26 Å². The van der Waals surface area contributed by atoms with Crippen molar-refractivity contribution < 1.29 is 0 Å². The van der Waals surface area contributed by atoms with Gasteiger partial charge in [0.1, 0.15) is 22.7 Å². The Hall–Kier alpha value is -1.86. The van der Waals surface area contributed by atoms with E-state index in [-0.39, 0.29) is 0 Å². The zero-order valence-corrected chi connectivity index (χ0v) is 9.44. The lowest BCUT2D eigenvalue weighted by Crippen LogP contribution is -2.06. The Morgan fingerprint density at radius 3 is 3.00 bits per heavy atom. The maximum absolute atomic E-state index is 8.86. The third-order valence-electron chi connectivity index (χ3n) is 2.13. The monoisotopic (exact) mass is 232 g/mol. The van der Waals surface area contributed by atoms with Crippen LogP contribution in [0, 0.1) is 18.3 Å². The van der Waals surface area contributed by atoms with Crippen LogP contribution in [-0.2, 0) is 6.54 Å². The number of nitriles is 1. The van der Waals surface area contributed by atoms with Crippen molar-refractivity contribution >= 4 is 11.6 Å². The molecular formula is C11H9ClN4. The standard InChI is InChI=1S/C11H9ClN4/c1-8-5-10(12)15-11(14-8)7-16-4-2-3-9(16)6-13/h2-5H,7H2,1H3. The molecule has 0 amide bonds. The summed E-state index contributed by atoms with van der Waals surface area (Å²) in [6, 6.07) is 7.36. The van der Waals surface area contributed by atoms with Gasteiger partial charge in [0.25, 0.3) is 0 Å². The highest BCUT2D eigenvalue weighted by Crippen LogP contribution is 2.09. The fraction of sp³-hybridized carbons (Fsp3) is 0.182. The molecule has 2 rings (SSSR count). The molecule has 2 heterocycles. The molecule has 0 fully saturated rings. The second kappa shape index (κ2) is 4.33. The van der Waals surface area contributed by atoms with Crippen molar-refractivity contribution in [1.82, 2.24) is 14.5 Å². The summed E-state index contributed by atoms with van der Waals surface area (Å²) in [5.74, 6) is 0.609. The molecule has 0 radical (unpaired) electrons. The van der Waals surface area contributed by atoms with E-state index in [4.69, 9.17) is 16.9 Å². The van der Waals surface area contributed by atoms with Gasteiger partial charge in [0, 0.05) is 11.9 Å². The minimum absolute atomic E-state index is 0.424. The summed E-state index contributed by atoms with van der Waals surface area (Å²) < 4.78 is 1.78. The van der Waals surface area contributed by atoms with Crippen molar-refractivity contribution in [3.8, 4) is 6.07 Å². The van der Waals surface area contributed by atoms with Gasteiger partial charge in [-0.3, -0.25) is 0 Å². The van der Waals surface area contributed by atoms with Crippen LogP contribution < -0.4 is 0 Å². The largest absolute Gasteiger partial charge is 0.332 e. The first-order valence-electron chi connectivity index (χ1n) is 4.74. The second-order valence-corrected chi connectivity index (χ2v) is 3.77. The molecule has 2 aromatic rings. The van der Waals surface area contributed by atoms with Gasteiger partial charge in [-0.15, -0.1) is 0 Å². The maximum atomic E-state index is 8.86. The van der Waals surface area contributed by atoms with E-state index in [1.54, 1.807) is 16.7 Å². The van der Waals surface area contributed by atoms with Crippen LogP contribution >= 0.6 is 11.6 Å². The van der Waals surface area contributed by atoms with Gasteiger partial charge in [-0.25, -0.2) is 9.97 Å². The van der Waals surface area contributed by atoms with E-state index in [9.17, 15) is 0 Å². The Labute approximate surface area is 98.1 Å². The van der Waals surface area contributed by atoms with E-state index in [2.05, 4.69) is 16.0 Å². The number of hydrogen-bond donors (Lipinski definition) is 0. The summed E-state index contributed by atoms with van der Waals surface area (Å²) >= 11 is 5.84. The minimum Gasteiger partial charge on any atom is -0.332 e. The molecule has 0 aliphatic carbocycles. The molecule has 0 saturated carbocycles. The van der Waals surface area contributed by atoms with Crippen LogP contribution in [0.25, 0.3) is 0 Å². The van der Waals surface area contributed by atoms with Crippen molar-refractivity contribution in [2.45, 2.75) is 13.5 Å². The first-order chi connectivity index (χ1) is 7.69. The molecule has 5 heteroatoms. The van der Waals surface area contributed by atoms with Crippen LogP contribution in [-0.4, -0.2) is 14.5 Å². The molecule has 0 saturated heterocycles. The molecule has 0 bridgehead atoms. The molecule has 0 aliphatic heterocycles. The molecular weight excluding hydrogens is 224 g/mol. The second-order valence-electron chi connectivity index (χ2n) is 3.38. The van der Waals surface area contributed by atoms with Crippen molar-refractivity contribution in [3.63, 3.8) is 0 Å². The molecule has 80 valence electrons. The summed E-state index contributed by atoms with van der Waals surface area (Å²) in [5, 5.41) is 9.28. The first-order valence-corrected chi connectivity index (χ1v) is 5.12. The third-order valence-corrected chi connectivity index (χ3v) is 2.32. The fourth-order valence-electron chi connectivity index (χ4n) is 1.47. The van der Waals surface area contributed by atoms with Crippen LogP contribution in [0.4, 0.5) is 0 Å². The number of nitrogens with zero attached hydrogens (tertiary/aromatic N) is 4. The van der Waals surface area contributed by atoms with Crippen LogP contribution in [0.15, 0.2) is 24.4 Å². The average molecular weight is 233 g/mol. The molecule has 0 unspecified atom stereocenters. The van der Waals surface area contributed by atoms with Gasteiger partial charge in [-0.05, 0) is 25.1 Å². The Balaban J connectivity index is 2.31. The Kier molecular flexibility index (Phi) is 2.88. The molecule has 16 heavy (non-hydrogen) atoms. The summed E-state index contributed by atoms with van der Waals surface area (Å²) in [6.07, 6.45) is 1.82. The number of aryl methyl sites for hydroxylation is 1. The lowest BCUT2D eigenvalue weighted by Gasteiger charge is -2.04. The summed E-state index contributed by atoms with van der Waals surface area (Å²) in [7, 11) is 0. The average Bonchev–Trinajstić information content (AvgIpc) is 2.63. The van der Waals surface area contributed by atoms with E-state index in [0.29, 0.717) is 23.2 Å². The first kappa shape index (κ1) is 10.7. The Morgan fingerprint density at radius 1 is 1.50 bits per heavy atom. The molecule has 0 aliphatic rings. The molecule has 4 nitrogen and oxygen atoms in total. The van der Waals surface area contributed by atoms with Crippen molar-refractivity contribution in [2.24, 2.45) is 0 Å². The third kappa shape index (κ3) is 2.20. The van der Waals surface area contributed by atoms with Crippen LogP contribution in [0.1, 0.15) is 17.2 Å². The Morgan fingerprint density at radius 2 is 2.31 bits per heavy atom. The lowest BCUT2D eigenvalue weighted by molar-refractivity contribution is 0.735. The number of rotatable bonds is 2. The van der Waals surface area contributed by atoms with Gasteiger partial charge in [-0.1, -0.05) is 11.6 Å². The van der Waals surface area contributed by atoms with Crippen molar-refractivity contribution in [2.75, 3.05) is 0 Å². The van der Waals surface area contributed by atoms with E-state index >= 15 is 0 Å². The smallest absolute Gasteiger partial charge is 0.150 e. The number of hydrogen-bond acceptors (Lipinski definition) is 3. The van der Waals surface area contributed by atoms with E-state index < -0.39 is 0 Å². The normalized spacial score (nSPS) is 10.1. The van der Waals surface area contributed by atoms with Gasteiger partial charge in [0.05, 0.1) is 6.54 Å². The summed E-state index contributed by atoms with van der Waals surface area (Å²) in [4.78, 5) is 8.37. The topological polar surface area (TPSA) is 54.5 Å². The van der Waals surface area contributed by atoms with Crippen LogP contribution in [0.3, 0.4) is 0 Å². The van der Waals surface area contributed by atoms with Gasteiger partial charge in [0.2, 0.25) is 0 Å². The zero-order valence-electron chi connectivity index (χ0n) is 8.68. The highest BCUT2D eigenvalue weighted by Gasteiger charge is 2.04.